The van der Waals surface area contributed by atoms with Crippen molar-refractivity contribution in [3.63, 3.8) is 0 Å². The standard InChI is InChI=1S/C14H10ClNO2/c15-14(10-16,9-11-5-2-1-3-6-11)13(17)12-7-4-8-18-12/h1-8H,9H2. The lowest BCUT2D eigenvalue weighted by Crippen LogP contribution is -2.33. The zero-order valence-corrected chi connectivity index (χ0v) is 10.2. The summed E-state index contributed by atoms with van der Waals surface area (Å²) in [5.74, 6) is -0.414. The first-order chi connectivity index (χ1) is 8.65. The highest BCUT2D eigenvalue weighted by atomic mass is 35.5. The fraction of sp³-hybridized carbons (Fsp3) is 0.143. The van der Waals surface area contributed by atoms with Crippen LogP contribution in [0.4, 0.5) is 0 Å². The number of furan rings is 1. The fourth-order valence-electron chi connectivity index (χ4n) is 1.65. The molecular formula is C14H10ClNO2. The van der Waals surface area contributed by atoms with Crippen LogP contribution in [0.15, 0.2) is 53.1 Å². The summed E-state index contributed by atoms with van der Waals surface area (Å²) in [6.45, 7) is 0. The Balaban J connectivity index is 2.27. The zero-order valence-electron chi connectivity index (χ0n) is 9.47. The highest BCUT2D eigenvalue weighted by molar-refractivity contribution is 6.39. The number of halogens is 1. The molecule has 0 radical (unpaired) electrons. The van der Waals surface area contributed by atoms with E-state index in [4.69, 9.17) is 16.0 Å². The summed E-state index contributed by atoms with van der Waals surface area (Å²) in [4.78, 5) is 10.5. The number of hydrogen-bond acceptors (Lipinski definition) is 3. The van der Waals surface area contributed by atoms with Crippen molar-refractivity contribution in [3.05, 3.63) is 60.1 Å². The Morgan fingerprint density at radius 3 is 2.56 bits per heavy atom. The molecule has 0 saturated carbocycles. The molecule has 0 bridgehead atoms. The Morgan fingerprint density at radius 2 is 2.00 bits per heavy atom. The lowest BCUT2D eigenvalue weighted by molar-refractivity contribution is 0.0934. The van der Waals surface area contributed by atoms with Crippen molar-refractivity contribution >= 4 is 17.4 Å². The van der Waals surface area contributed by atoms with Crippen LogP contribution in [-0.4, -0.2) is 10.7 Å². The summed E-state index contributed by atoms with van der Waals surface area (Å²) in [5.41, 5.74) is 0.828. The third-order valence-electron chi connectivity index (χ3n) is 2.57. The van der Waals surface area contributed by atoms with Crippen LogP contribution < -0.4 is 0 Å². The monoisotopic (exact) mass is 259 g/mol. The molecular weight excluding hydrogens is 250 g/mol. The van der Waals surface area contributed by atoms with E-state index in [2.05, 4.69) is 0 Å². The second-order valence-corrected chi connectivity index (χ2v) is 4.53. The van der Waals surface area contributed by atoms with Crippen molar-refractivity contribution in [3.8, 4) is 6.07 Å². The summed E-state index contributed by atoms with van der Waals surface area (Å²) >= 11 is 6.13. The smallest absolute Gasteiger partial charge is 0.233 e. The molecule has 0 fully saturated rings. The van der Waals surface area contributed by atoms with E-state index in [-0.39, 0.29) is 12.2 Å². The van der Waals surface area contributed by atoms with Gasteiger partial charge in [-0.2, -0.15) is 5.26 Å². The number of carbonyl (C=O) groups excluding carboxylic acids is 1. The van der Waals surface area contributed by atoms with Crippen molar-refractivity contribution in [2.75, 3.05) is 0 Å². The van der Waals surface area contributed by atoms with Gasteiger partial charge in [0.25, 0.3) is 0 Å². The first kappa shape index (κ1) is 12.4. The predicted molar refractivity (Wildman–Crippen MR) is 67.4 cm³/mol. The predicted octanol–water partition coefficient (Wildman–Crippen LogP) is 3.21. The van der Waals surface area contributed by atoms with Gasteiger partial charge in [-0.3, -0.25) is 4.79 Å². The molecule has 0 aliphatic carbocycles. The van der Waals surface area contributed by atoms with Crippen molar-refractivity contribution in [1.82, 2.24) is 0 Å². The molecule has 3 nitrogen and oxygen atoms in total. The number of hydrogen-bond donors (Lipinski definition) is 0. The molecule has 2 rings (SSSR count). The largest absolute Gasteiger partial charge is 0.461 e. The summed E-state index contributed by atoms with van der Waals surface area (Å²) in [7, 11) is 0. The van der Waals surface area contributed by atoms with Gasteiger partial charge in [0, 0.05) is 6.42 Å². The van der Waals surface area contributed by atoms with Gasteiger partial charge in [-0.25, -0.2) is 0 Å². The molecule has 0 amide bonds. The topological polar surface area (TPSA) is 54.0 Å². The number of benzene rings is 1. The Morgan fingerprint density at radius 1 is 1.28 bits per heavy atom. The van der Waals surface area contributed by atoms with Crippen LogP contribution in [0.3, 0.4) is 0 Å². The number of rotatable bonds is 4. The third-order valence-corrected chi connectivity index (χ3v) is 2.96. The van der Waals surface area contributed by atoms with Gasteiger partial charge in [-0.1, -0.05) is 41.9 Å². The van der Waals surface area contributed by atoms with Gasteiger partial charge < -0.3 is 4.42 Å². The number of alkyl halides is 1. The Kier molecular flexibility index (Phi) is 3.50. The van der Waals surface area contributed by atoms with Gasteiger partial charge in [0.15, 0.2) is 5.76 Å². The molecule has 0 aliphatic heterocycles. The molecule has 0 aliphatic rings. The highest BCUT2D eigenvalue weighted by Crippen LogP contribution is 2.25. The number of Topliss-reactive ketones (excluding diaryl/α,β-unsaturated/α-hetero) is 1. The number of nitrogens with zero attached hydrogens (tertiary/aromatic N) is 1. The van der Waals surface area contributed by atoms with Crippen molar-refractivity contribution < 1.29 is 9.21 Å². The number of carbonyl (C=O) groups is 1. The molecule has 0 spiro atoms. The van der Waals surface area contributed by atoms with Gasteiger partial charge in [0.2, 0.25) is 10.7 Å². The Hall–Kier alpha value is -2.05. The summed E-state index contributed by atoms with van der Waals surface area (Å²) in [5, 5.41) is 9.17. The molecule has 4 heteroatoms. The Labute approximate surface area is 110 Å². The van der Waals surface area contributed by atoms with E-state index in [9.17, 15) is 10.1 Å². The van der Waals surface area contributed by atoms with Crippen LogP contribution in [0.2, 0.25) is 0 Å². The van der Waals surface area contributed by atoms with Crippen molar-refractivity contribution in [2.45, 2.75) is 11.3 Å². The van der Waals surface area contributed by atoms with E-state index < -0.39 is 10.7 Å². The summed E-state index contributed by atoms with van der Waals surface area (Å²) < 4.78 is 5.00. The maximum atomic E-state index is 12.1. The quantitative estimate of drug-likeness (QED) is 0.626. The lowest BCUT2D eigenvalue weighted by atomic mass is 9.94. The second kappa shape index (κ2) is 5.07. The number of nitriles is 1. The molecule has 0 saturated heterocycles. The van der Waals surface area contributed by atoms with E-state index in [1.54, 1.807) is 6.07 Å². The van der Waals surface area contributed by atoms with Crippen LogP contribution in [0.1, 0.15) is 16.1 Å². The minimum Gasteiger partial charge on any atom is -0.461 e. The van der Waals surface area contributed by atoms with E-state index in [0.29, 0.717) is 0 Å². The first-order valence-corrected chi connectivity index (χ1v) is 5.76. The molecule has 1 aromatic carbocycles. The lowest BCUT2D eigenvalue weighted by Gasteiger charge is -2.16. The van der Waals surface area contributed by atoms with Gasteiger partial charge in [-0.05, 0) is 17.7 Å². The normalized spacial score (nSPS) is 13.6. The van der Waals surface area contributed by atoms with Crippen molar-refractivity contribution in [2.24, 2.45) is 0 Å². The van der Waals surface area contributed by atoms with Gasteiger partial charge in [0.1, 0.15) is 0 Å². The van der Waals surface area contributed by atoms with Gasteiger partial charge in [-0.15, -0.1) is 0 Å². The minimum absolute atomic E-state index is 0.0995. The molecule has 2 aromatic rings. The van der Waals surface area contributed by atoms with E-state index >= 15 is 0 Å². The van der Waals surface area contributed by atoms with Crippen LogP contribution in [0.5, 0.6) is 0 Å². The SMILES string of the molecule is N#CC(Cl)(Cc1ccccc1)C(=O)c1ccco1. The van der Waals surface area contributed by atoms with Crippen LogP contribution in [-0.2, 0) is 6.42 Å². The molecule has 0 N–H and O–H groups in total. The van der Waals surface area contributed by atoms with Gasteiger partial charge >= 0.3 is 0 Å². The number of ketones is 1. The molecule has 1 atom stereocenters. The first-order valence-electron chi connectivity index (χ1n) is 5.38. The third kappa shape index (κ3) is 2.44. The second-order valence-electron chi connectivity index (χ2n) is 3.88. The van der Waals surface area contributed by atoms with Gasteiger partial charge in [0.05, 0.1) is 12.3 Å². The molecule has 90 valence electrons. The molecule has 1 unspecified atom stereocenters. The molecule has 18 heavy (non-hydrogen) atoms. The maximum absolute atomic E-state index is 12.1. The van der Waals surface area contributed by atoms with Crippen LogP contribution >= 0.6 is 11.6 Å². The zero-order chi connectivity index (χ0) is 13.0. The average Bonchev–Trinajstić information content (AvgIpc) is 2.92. The average molecular weight is 260 g/mol. The fourth-order valence-corrected chi connectivity index (χ4v) is 1.90. The Bertz CT molecular complexity index is 572. The van der Waals surface area contributed by atoms with E-state index in [1.165, 1.54) is 12.3 Å². The highest BCUT2D eigenvalue weighted by Gasteiger charge is 2.38. The van der Waals surface area contributed by atoms with E-state index in [0.717, 1.165) is 5.56 Å². The molecule has 1 aromatic heterocycles. The van der Waals surface area contributed by atoms with Crippen LogP contribution in [0.25, 0.3) is 0 Å². The minimum atomic E-state index is -1.63. The van der Waals surface area contributed by atoms with Crippen molar-refractivity contribution in [1.29, 1.82) is 5.26 Å². The summed E-state index contributed by atoms with van der Waals surface area (Å²) in [6.07, 6.45) is 1.52. The molecule has 1 heterocycles. The van der Waals surface area contributed by atoms with Crippen LogP contribution in [0, 0.1) is 11.3 Å². The van der Waals surface area contributed by atoms with E-state index in [1.807, 2.05) is 36.4 Å². The summed E-state index contributed by atoms with van der Waals surface area (Å²) in [6, 6.07) is 14.1. The maximum Gasteiger partial charge on any atom is 0.233 e.